The molecule has 138 valence electrons. The zero-order valence-corrected chi connectivity index (χ0v) is 15.1. The van der Waals surface area contributed by atoms with Crippen LogP contribution in [0.1, 0.15) is 28.2 Å². The molecule has 0 saturated carbocycles. The molecule has 8 heteroatoms. The summed E-state index contributed by atoms with van der Waals surface area (Å²) in [6.07, 6.45) is 1.23. The van der Waals surface area contributed by atoms with E-state index in [0.29, 0.717) is 41.6 Å². The number of amides is 1. The molecule has 0 bridgehead atoms. The van der Waals surface area contributed by atoms with E-state index in [9.17, 15) is 19.1 Å². The Morgan fingerprint density at radius 1 is 1.31 bits per heavy atom. The quantitative estimate of drug-likeness (QED) is 0.865. The van der Waals surface area contributed by atoms with Crippen molar-refractivity contribution in [2.24, 2.45) is 0 Å². The lowest BCUT2D eigenvalue weighted by atomic mass is 10.1. The fraction of sp³-hybridized carbons (Fsp3) is 0.389. The van der Waals surface area contributed by atoms with Crippen LogP contribution in [0.3, 0.4) is 0 Å². The molecule has 1 aliphatic heterocycles. The number of benzene rings is 1. The van der Waals surface area contributed by atoms with E-state index in [-0.39, 0.29) is 24.3 Å². The van der Waals surface area contributed by atoms with Crippen LogP contribution in [0.4, 0.5) is 4.39 Å². The minimum absolute atomic E-state index is 0.164. The predicted molar refractivity (Wildman–Crippen MR) is 94.8 cm³/mol. The van der Waals surface area contributed by atoms with E-state index < -0.39 is 5.97 Å². The van der Waals surface area contributed by atoms with Gasteiger partial charge in [-0.15, -0.1) is 11.3 Å². The minimum Gasteiger partial charge on any atom is -0.480 e. The number of carbonyl (C=O) groups excluding carboxylic acids is 1. The minimum atomic E-state index is -1.05. The van der Waals surface area contributed by atoms with E-state index in [1.165, 1.54) is 28.4 Å². The molecule has 2 aromatic rings. The fourth-order valence-corrected chi connectivity index (χ4v) is 3.98. The van der Waals surface area contributed by atoms with Gasteiger partial charge in [0.2, 0.25) is 0 Å². The molecule has 1 aromatic carbocycles. The molecule has 1 N–H and O–H groups in total. The van der Waals surface area contributed by atoms with E-state index in [4.69, 9.17) is 4.74 Å². The maximum atomic E-state index is 13.1. The molecule has 1 aromatic heterocycles. The van der Waals surface area contributed by atoms with Crippen molar-refractivity contribution < 1.29 is 23.8 Å². The normalized spacial score (nSPS) is 15.0. The molecule has 1 saturated heterocycles. The lowest BCUT2D eigenvalue weighted by Crippen LogP contribution is -2.46. The van der Waals surface area contributed by atoms with Gasteiger partial charge in [-0.2, -0.15) is 0 Å². The number of hydrogen-bond donors (Lipinski definition) is 1. The van der Waals surface area contributed by atoms with E-state index in [1.54, 1.807) is 19.1 Å². The van der Waals surface area contributed by atoms with Gasteiger partial charge in [-0.25, -0.2) is 9.37 Å². The molecule has 1 amide bonds. The number of thiazole rings is 1. The number of halogens is 1. The number of aromatic nitrogens is 1. The summed E-state index contributed by atoms with van der Waals surface area (Å²) in [4.78, 5) is 30.5. The van der Waals surface area contributed by atoms with Gasteiger partial charge in [-0.1, -0.05) is 0 Å². The summed E-state index contributed by atoms with van der Waals surface area (Å²) in [5.41, 5.74) is 1.26. The molecule has 1 fully saturated rings. The van der Waals surface area contributed by atoms with Crippen LogP contribution in [0.2, 0.25) is 0 Å². The maximum Gasteiger partial charge on any atom is 0.323 e. The number of rotatable bonds is 5. The van der Waals surface area contributed by atoms with Crippen molar-refractivity contribution in [1.82, 2.24) is 9.88 Å². The molecule has 26 heavy (non-hydrogen) atoms. The number of ether oxygens (including phenoxy) is 1. The summed E-state index contributed by atoms with van der Waals surface area (Å²) >= 11 is 1.20. The Labute approximate surface area is 154 Å². The van der Waals surface area contributed by atoms with Gasteiger partial charge in [0, 0.05) is 24.8 Å². The molecule has 0 spiro atoms. The smallest absolute Gasteiger partial charge is 0.323 e. The standard InChI is InChI=1S/C18H19FN2O4S/c1-11-16(26-17(20-11)12-2-4-13(19)5-3-12)18(24)21(10-15(22)23)14-6-8-25-9-7-14/h2-5,14H,6-10H2,1H3,(H,22,23). The monoisotopic (exact) mass is 378 g/mol. The van der Waals surface area contributed by atoms with E-state index in [1.807, 2.05) is 0 Å². The van der Waals surface area contributed by atoms with Crippen LogP contribution in [0.5, 0.6) is 0 Å². The summed E-state index contributed by atoms with van der Waals surface area (Å²) in [7, 11) is 0. The molecule has 0 unspecified atom stereocenters. The lowest BCUT2D eigenvalue weighted by molar-refractivity contribution is -0.138. The van der Waals surface area contributed by atoms with Crippen molar-refractivity contribution >= 4 is 23.2 Å². The number of carboxylic acids is 1. The van der Waals surface area contributed by atoms with E-state index >= 15 is 0 Å². The van der Waals surface area contributed by atoms with Crippen LogP contribution in [0.25, 0.3) is 10.6 Å². The molecule has 0 radical (unpaired) electrons. The van der Waals surface area contributed by atoms with Crippen LogP contribution in [-0.4, -0.2) is 52.7 Å². The largest absolute Gasteiger partial charge is 0.480 e. The number of nitrogens with zero attached hydrogens (tertiary/aromatic N) is 2. The number of aliphatic carboxylic acids is 1. The highest BCUT2D eigenvalue weighted by molar-refractivity contribution is 7.17. The van der Waals surface area contributed by atoms with Gasteiger partial charge >= 0.3 is 5.97 Å². The fourth-order valence-electron chi connectivity index (χ4n) is 2.95. The second-order valence-electron chi connectivity index (χ2n) is 6.11. The summed E-state index contributed by atoms with van der Waals surface area (Å²) < 4.78 is 18.4. The van der Waals surface area contributed by atoms with Crippen LogP contribution < -0.4 is 0 Å². The second kappa shape index (κ2) is 7.92. The Morgan fingerprint density at radius 3 is 2.58 bits per heavy atom. The van der Waals surface area contributed by atoms with Crippen molar-refractivity contribution in [3.63, 3.8) is 0 Å². The highest BCUT2D eigenvalue weighted by atomic mass is 32.1. The first-order valence-electron chi connectivity index (χ1n) is 8.29. The average Bonchev–Trinajstić information content (AvgIpc) is 3.02. The number of hydrogen-bond acceptors (Lipinski definition) is 5. The number of aryl methyl sites for hydroxylation is 1. The Balaban J connectivity index is 1.88. The number of carbonyl (C=O) groups is 2. The van der Waals surface area contributed by atoms with Crippen LogP contribution >= 0.6 is 11.3 Å². The van der Waals surface area contributed by atoms with Gasteiger partial charge in [-0.3, -0.25) is 9.59 Å². The van der Waals surface area contributed by atoms with Crippen molar-refractivity contribution in [2.75, 3.05) is 19.8 Å². The Kier molecular flexibility index (Phi) is 5.63. The molecule has 2 heterocycles. The highest BCUT2D eigenvalue weighted by Crippen LogP contribution is 2.30. The van der Waals surface area contributed by atoms with Crippen molar-refractivity contribution in [2.45, 2.75) is 25.8 Å². The van der Waals surface area contributed by atoms with Crippen LogP contribution in [0, 0.1) is 12.7 Å². The van der Waals surface area contributed by atoms with Crippen molar-refractivity contribution in [3.8, 4) is 10.6 Å². The molecule has 0 aliphatic carbocycles. The van der Waals surface area contributed by atoms with Gasteiger partial charge in [0.05, 0.1) is 5.69 Å². The van der Waals surface area contributed by atoms with Crippen LogP contribution in [-0.2, 0) is 9.53 Å². The predicted octanol–water partition coefficient (Wildman–Crippen LogP) is 2.96. The Bertz CT molecular complexity index is 800. The first kappa shape index (κ1) is 18.5. The highest BCUT2D eigenvalue weighted by Gasteiger charge is 2.30. The van der Waals surface area contributed by atoms with Gasteiger partial charge in [0.25, 0.3) is 5.91 Å². The first-order chi connectivity index (χ1) is 12.5. The zero-order valence-electron chi connectivity index (χ0n) is 14.3. The lowest BCUT2D eigenvalue weighted by Gasteiger charge is -2.33. The second-order valence-corrected chi connectivity index (χ2v) is 7.11. The first-order valence-corrected chi connectivity index (χ1v) is 9.11. The zero-order chi connectivity index (χ0) is 18.7. The summed E-state index contributed by atoms with van der Waals surface area (Å²) in [6, 6.07) is 5.73. The molecular formula is C18H19FN2O4S. The molecule has 3 rings (SSSR count). The van der Waals surface area contributed by atoms with Gasteiger partial charge in [0.15, 0.2) is 0 Å². The Hall–Kier alpha value is -2.32. The topological polar surface area (TPSA) is 79.7 Å². The third kappa shape index (κ3) is 4.08. The van der Waals surface area contributed by atoms with Gasteiger partial charge in [0.1, 0.15) is 22.2 Å². The maximum absolute atomic E-state index is 13.1. The van der Waals surface area contributed by atoms with Gasteiger partial charge in [-0.05, 0) is 44.0 Å². The van der Waals surface area contributed by atoms with E-state index in [0.717, 1.165) is 5.56 Å². The Morgan fingerprint density at radius 2 is 1.96 bits per heavy atom. The SMILES string of the molecule is Cc1nc(-c2ccc(F)cc2)sc1C(=O)N(CC(=O)O)C1CCOCC1. The molecule has 1 aliphatic rings. The van der Waals surface area contributed by atoms with Gasteiger partial charge < -0.3 is 14.7 Å². The van der Waals surface area contributed by atoms with E-state index in [2.05, 4.69) is 4.98 Å². The molecule has 6 nitrogen and oxygen atoms in total. The summed E-state index contributed by atoms with van der Waals surface area (Å²) in [6.45, 7) is 2.39. The van der Waals surface area contributed by atoms with Crippen LogP contribution in [0.15, 0.2) is 24.3 Å². The summed E-state index contributed by atoms with van der Waals surface area (Å²) in [5.74, 6) is -1.72. The third-order valence-electron chi connectivity index (χ3n) is 4.28. The third-order valence-corrected chi connectivity index (χ3v) is 5.47. The number of carboxylic acid groups (broad SMARTS) is 1. The summed E-state index contributed by atoms with van der Waals surface area (Å²) in [5, 5.41) is 9.82. The van der Waals surface area contributed by atoms with Crippen molar-refractivity contribution in [1.29, 1.82) is 0 Å². The molecule has 0 atom stereocenters. The van der Waals surface area contributed by atoms with Crippen molar-refractivity contribution in [3.05, 3.63) is 40.7 Å². The average molecular weight is 378 g/mol. The molecular weight excluding hydrogens is 359 g/mol.